The Morgan fingerprint density at radius 2 is 2.29 bits per heavy atom. The molecule has 1 unspecified atom stereocenters. The van der Waals surface area contributed by atoms with E-state index in [1.165, 1.54) is 18.4 Å². The summed E-state index contributed by atoms with van der Waals surface area (Å²) in [6, 6.07) is 4.15. The number of methoxy groups -OCH3 is 1. The minimum atomic E-state index is -0.300. The lowest BCUT2D eigenvalue weighted by molar-refractivity contribution is -0.141. The van der Waals surface area contributed by atoms with Crippen molar-refractivity contribution < 1.29 is 9.53 Å². The molecule has 1 atom stereocenters. The van der Waals surface area contributed by atoms with Crippen molar-refractivity contribution in [3.05, 3.63) is 29.6 Å². The molecule has 2 aliphatic rings. The molecule has 114 valence electrons. The number of ether oxygens (including phenoxy) is 1. The number of rotatable bonds is 6. The Hall–Kier alpha value is -1.42. The molecule has 21 heavy (non-hydrogen) atoms. The second kappa shape index (κ2) is 5.76. The molecule has 0 spiro atoms. The molecule has 0 radical (unpaired) electrons. The van der Waals surface area contributed by atoms with Crippen molar-refractivity contribution >= 4 is 5.91 Å². The van der Waals surface area contributed by atoms with Crippen LogP contribution in [0.2, 0.25) is 0 Å². The Kier molecular flexibility index (Phi) is 3.98. The Labute approximate surface area is 126 Å². The molecule has 1 amide bonds. The first-order valence-electron chi connectivity index (χ1n) is 7.87. The van der Waals surface area contributed by atoms with Crippen LogP contribution in [0, 0.1) is 18.3 Å². The Morgan fingerprint density at radius 3 is 2.81 bits per heavy atom. The maximum Gasteiger partial charge on any atom is 0.229 e. The molecule has 4 nitrogen and oxygen atoms in total. The van der Waals surface area contributed by atoms with Gasteiger partial charge in [-0.3, -0.25) is 9.78 Å². The molecule has 4 heteroatoms. The van der Waals surface area contributed by atoms with Crippen molar-refractivity contribution in [1.82, 2.24) is 10.3 Å². The highest BCUT2D eigenvalue weighted by molar-refractivity contribution is 5.84. The number of amides is 1. The summed E-state index contributed by atoms with van der Waals surface area (Å²) in [5, 5.41) is 3.27. The van der Waals surface area contributed by atoms with Crippen molar-refractivity contribution in [3.8, 4) is 0 Å². The van der Waals surface area contributed by atoms with Crippen molar-refractivity contribution in [3.63, 3.8) is 0 Å². The molecule has 2 aliphatic carbocycles. The smallest absolute Gasteiger partial charge is 0.229 e. The van der Waals surface area contributed by atoms with E-state index in [1.807, 2.05) is 12.3 Å². The molecule has 3 rings (SSSR count). The molecular weight excluding hydrogens is 264 g/mol. The van der Waals surface area contributed by atoms with Gasteiger partial charge in [-0.15, -0.1) is 0 Å². The second-order valence-corrected chi connectivity index (χ2v) is 6.61. The fraction of sp³-hybridized carbons (Fsp3) is 0.647. The van der Waals surface area contributed by atoms with Gasteiger partial charge in [-0.2, -0.15) is 0 Å². The standard InChI is InChI=1S/C17H24N2O2/c1-12-6-9-18-14(10-12)15(13-4-5-13)19-16(20)17(11-21-2)7-3-8-17/h6,9-10,13,15H,3-5,7-8,11H2,1-2H3,(H,19,20). The van der Waals surface area contributed by atoms with Crippen LogP contribution in [-0.2, 0) is 9.53 Å². The van der Waals surface area contributed by atoms with Crippen LogP contribution < -0.4 is 5.32 Å². The van der Waals surface area contributed by atoms with E-state index in [-0.39, 0.29) is 17.4 Å². The van der Waals surface area contributed by atoms with Crippen LogP contribution in [0.25, 0.3) is 0 Å². The molecule has 1 aromatic heterocycles. The van der Waals surface area contributed by atoms with E-state index in [0.717, 1.165) is 25.0 Å². The molecule has 1 heterocycles. The molecule has 1 aromatic rings. The van der Waals surface area contributed by atoms with E-state index in [4.69, 9.17) is 4.74 Å². The summed E-state index contributed by atoms with van der Waals surface area (Å²) < 4.78 is 5.28. The van der Waals surface area contributed by atoms with Crippen molar-refractivity contribution in [2.75, 3.05) is 13.7 Å². The predicted molar refractivity (Wildman–Crippen MR) is 80.7 cm³/mol. The average Bonchev–Trinajstić information content (AvgIpc) is 3.24. The number of hydrogen-bond donors (Lipinski definition) is 1. The van der Waals surface area contributed by atoms with Gasteiger partial charge >= 0.3 is 0 Å². The summed E-state index contributed by atoms with van der Waals surface area (Å²) in [6.45, 7) is 2.59. The van der Waals surface area contributed by atoms with Gasteiger partial charge in [0.1, 0.15) is 0 Å². The monoisotopic (exact) mass is 288 g/mol. The van der Waals surface area contributed by atoms with E-state index in [9.17, 15) is 4.79 Å². The zero-order valence-electron chi connectivity index (χ0n) is 12.9. The maximum atomic E-state index is 12.7. The van der Waals surface area contributed by atoms with E-state index in [2.05, 4.69) is 23.3 Å². The highest BCUT2D eigenvalue weighted by atomic mass is 16.5. The van der Waals surface area contributed by atoms with Gasteiger partial charge in [-0.1, -0.05) is 6.42 Å². The number of aryl methyl sites for hydroxylation is 1. The van der Waals surface area contributed by atoms with E-state index < -0.39 is 0 Å². The minimum absolute atomic E-state index is 0.0618. The van der Waals surface area contributed by atoms with E-state index in [1.54, 1.807) is 7.11 Å². The lowest BCUT2D eigenvalue weighted by atomic mass is 9.68. The number of aromatic nitrogens is 1. The average molecular weight is 288 g/mol. The summed E-state index contributed by atoms with van der Waals surface area (Å²) in [5.74, 6) is 0.693. The third-order valence-corrected chi connectivity index (χ3v) is 4.85. The number of carbonyl (C=O) groups excluding carboxylic acids is 1. The number of nitrogens with one attached hydrogen (secondary N) is 1. The topological polar surface area (TPSA) is 51.2 Å². The third-order valence-electron chi connectivity index (χ3n) is 4.85. The maximum absolute atomic E-state index is 12.7. The van der Waals surface area contributed by atoms with Crippen LogP contribution in [0.3, 0.4) is 0 Å². The van der Waals surface area contributed by atoms with Gasteiger partial charge in [0.2, 0.25) is 5.91 Å². The molecule has 2 fully saturated rings. The van der Waals surface area contributed by atoms with Crippen molar-refractivity contribution in [1.29, 1.82) is 0 Å². The van der Waals surface area contributed by atoms with E-state index in [0.29, 0.717) is 12.5 Å². The van der Waals surface area contributed by atoms with Crippen LogP contribution >= 0.6 is 0 Å². The molecule has 0 aromatic carbocycles. The Morgan fingerprint density at radius 1 is 1.52 bits per heavy atom. The first kappa shape index (κ1) is 14.5. The summed E-state index contributed by atoms with van der Waals surface area (Å²) in [4.78, 5) is 17.2. The fourth-order valence-electron chi connectivity index (χ4n) is 3.20. The largest absolute Gasteiger partial charge is 0.384 e. The summed E-state index contributed by atoms with van der Waals surface area (Å²) in [5.41, 5.74) is 1.89. The molecule has 1 N–H and O–H groups in total. The molecule has 2 saturated carbocycles. The molecule has 0 bridgehead atoms. The normalized spacial score (nSPS) is 21.4. The van der Waals surface area contributed by atoms with Gasteiger partial charge in [0.05, 0.1) is 23.8 Å². The Balaban J connectivity index is 1.75. The van der Waals surface area contributed by atoms with Crippen molar-refractivity contribution in [2.24, 2.45) is 11.3 Å². The van der Waals surface area contributed by atoms with Crippen LogP contribution in [0.4, 0.5) is 0 Å². The number of hydrogen-bond acceptors (Lipinski definition) is 3. The van der Waals surface area contributed by atoms with Gasteiger partial charge in [-0.25, -0.2) is 0 Å². The quantitative estimate of drug-likeness (QED) is 0.875. The van der Waals surface area contributed by atoms with Gasteiger partial charge < -0.3 is 10.1 Å². The first-order chi connectivity index (χ1) is 10.1. The Bertz CT molecular complexity index is 521. The second-order valence-electron chi connectivity index (χ2n) is 6.61. The van der Waals surface area contributed by atoms with Gasteiger partial charge in [0, 0.05) is 13.3 Å². The van der Waals surface area contributed by atoms with Gasteiger partial charge in [0.25, 0.3) is 0 Å². The highest BCUT2D eigenvalue weighted by Crippen LogP contribution is 2.44. The highest BCUT2D eigenvalue weighted by Gasteiger charge is 2.46. The van der Waals surface area contributed by atoms with Crippen LogP contribution in [0.5, 0.6) is 0 Å². The summed E-state index contributed by atoms with van der Waals surface area (Å²) in [6.07, 6.45) is 7.18. The van der Waals surface area contributed by atoms with Crippen LogP contribution in [0.15, 0.2) is 18.3 Å². The number of pyridine rings is 1. The van der Waals surface area contributed by atoms with Crippen LogP contribution in [-0.4, -0.2) is 24.6 Å². The zero-order valence-corrected chi connectivity index (χ0v) is 12.9. The number of nitrogens with zero attached hydrogens (tertiary/aromatic N) is 1. The van der Waals surface area contributed by atoms with Crippen molar-refractivity contribution in [2.45, 2.75) is 45.1 Å². The molecule has 0 saturated heterocycles. The fourth-order valence-corrected chi connectivity index (χ4v) is 3.20. The van der Waals surface area contributed by atoms with E-state index >= 15 is 0 Å². The number of carbonyl (C=O) groups is 1. The summed E-state index contributed by atoms with van der Waals surface area (Å²) >= 11 is 0. The van der Waals surface area contributed by atoms with Gasteiger partial charge in [-0.05, 0) is 56.2 Å². The predicted octanol–water partition coefficient (Wildman–Crippen LogP) is 2.77. The summed E-state index contributed by atoms with van der Waals surface area (Å²) in [7, 11) is 1.67. The van der Waals surface area contributed by atoms with Gasteiger partial charge in [0.15, 0.2) is 0 Å². The zero-order chi connectivity index (χ0) is 14.9. The lowest BCUT2D eigenvalue weighted by Crippen LogP contribution is -2.49. The first-order valence-corrected chi connectivity index (χ1v) is 7.87. The molecular formula is C17H24N2O2. The lowest BCUT2D eigenvalue weighted by Gasteiger charge is -2.40. The van der Waals surface area contributed by atoms with Crippen LogP contribution in [0.1, 0.15) is 49.4 Å². The SMILES string of the molecule is COCC1(C(=O)NC(c2cc(C)ccn2)C2CC2)CCC1. The molecule has 0 aliphatic heterocycles. The third kappa shape index (κ3) is 2.95. The minimum Gasteiger partial charge on any atom is -0.384 e.